The third-order valence-electron chi connectivity index (χ3n) is 9.69. The maximum atomic E-state index is 14.6. The standard InChI is InChI=1S/C39H36N3O5P/c43-38-35(32-23-40-34-19-8-7-17-30(32)34)36(33-24-41-20-10-16-29-15-9-18-31(33)37(29)41)39(44)42(38)21-22-48(45,46-25-27-11-3-1-4-12-27)47-26-28-13-5-2-6-14-28/h1-9,11-15,17-19,23-24,35-36,40H,10,16,20-22,25-26H2. The molecule has 0 bridgehead atoms. The molecule has 2 atom stereocenters. The van der Waals surface area contributed by atoms with Crippen LogP contribution in [0, 0.1) is 0 Å². The molecule has 6 aromatic rings. The van der Waals surface area contributed by atoms with Gasteiger partial charge in [0.2, 0.25) is 11.8 Å². The van der Waals surface area contributed by atoms with E-state index in [0.717, 1.165) is 63.4 Å². The predicted octanol–water partition coefficient (Wildman–Crippen LogP) is 7.93. The molecular weight excluding hydrogens is 621 g/mol. The van der Waals surface area contributed by atoms with Crippen LogP contribution in [-0.4, -0.2) is 39.0 Å². The number of hydrogen-bond donors (Lipinski definition) is 1. The molecule has 0 spiro atoms. The largest absolute Gasteiger partial charge is 0.361 e. The SMILES string of the molecule is O=C1C(c2c[nH]c3ccccc23)C(c2cn3c4c(cccc24)CCC3)C(=O)N1CCP(=O)(OCc1ccccc1)OCc1ccccc1. The molecule has 4 heterocycles. The summed E-state index contributed by atoms with van der Waals surface area (Å²) in [5.74, 6) is -2.08. The summed E-state index contributed by atoms with van der Waals surface area (Å²) < 4.78 is 28.6. The Kier molecular flexibility index (Phi) is 8.09. The summed E-state index contributed by atoms with van der Waals surface area (Å²) in [7, 11) is -3.76. The van der Waals surface area contributed by atoms with Crippen molar-refractivity contribution < 1.29 is 23.2 Å². The van der Waals surface area contributed by atoms with Gasteiger partial charge in [0.15, 0.2) is 0 Å². The topological polar surface area (TPSA) is 93.6 Å². The van der Waals surface area contributed by atoms with Crippen molar-refractivity contribution in [2.24, 2.45) is 0 Å². The Morgan fingerprint density at radius 2 is 1.35 bits per heavy atom. The molecule has 8 nitrogen and oxygen atoms in total. The minimum absolute atomic E-state index is 0.0806. The Hall–Kier alpha value is -4.75. The lowest BCUT2D eigenvalue weighted by molar-refractivity contribution is -0.138. The number of aryl methyl sites for hydroxylation is 2. The highest BCUT2D eigenvalue weighted by Gasteiger charge is 2.51. The number of rotatable bonds is 11. The number of amides is 2. The van der Waals surface area contributed by atoms with Gasteiger partial charge in [0.05, 0.1) is 36.7 Å². The van der Waals surface area contributed by atoms with Crippen LogP contribution in [0.25, 0.3) is 21.8 Å². The van der Waals surface area contributed by atoms with Crippen molar-refractivity contribution in [3.05, 3.63) is 143 Å². The summed E-state index contributed by atoms with van der Waals surface area (Å²) in [5.41, 5.74) is 6.64. The molecule has 1 N–H and O–H groups in total. The molecule has 0 radical (unpaired) electrons. The maximum Gasteiger partial charge on any atom is 0.333 e. The zero-order valence-electron chi connectivity index (χ0n) is 26.5. The van der Waals surface area contributed by atoms with E-state index in [2.05, 4.69) is 27.9 Å². The second kappa shape index (κ2) is 12.7. The van der Waals surface area contributed by atoms with E-state index < -0.39 is 19.4 Å². The highest BCUT2D eigenvalue weighted by Crippen LogP contribution is 2.51. The smallest absolute Gasteiger partial charge is 0.333 e. The summed E-state index contributed by atoms with van der Waals surface area (Å²) >= 11 is 0. The summed E-state index contributed by atoms with van der Waals surface area (Å²) in [5, 5.41) is 1.92. The van der Waals surface area contributed by atoms with Gasteiger partial charge in [-0.3, -0.25) is 19.1 Å². The molecule has 2 aliphatic heterocycles. The first-order valence-electron chi connectivity index (χ1n) is 16.5. The van der Waals surface area contributed by atoms with E-state index in [1.54, 1.807) is 0 Å². The van der Waals surface area contributed by atoms with E-state index in [9.17, 15) is 14.2 Å². The zero-order valence-corrected chi connectivity index (χ0v) is 27.4. The Bertz CT molecular complexity index is 2130. The first-order valence-corrected chi connectivity index (χ1v) is 18.2. The third-order valence-corrected chi connectivity index (χ3v) is 11.5. The van der Waals surface area contributed by atoms with Crippen molar-refractivity contribution in [2.45, 2.75) is 44.4 Å². The maximum absolute atomic E-state index is 14.6. The van der Waals surface area contributed by atoms with Gasteiger partial charge in [-0.1, -0.05) is 97.1 Å². The van der Waals surface area contributed by atoms with E-state index in [4.69, 9.17) is 9.05 Å². The number of fused-ring (bicyclic) bond motifs is 1. The molecule has 2 aromatic heterocycles. The number of carbonyl (C=O) groups is 2. The number of para-hydroxylation sites is 2. The summed E-state index contributed by atoms with van der Waals surface area (Å²) in [6, 6.07) is 33.0. The van der Waals surface area contributed by atoms with E-state index in [0.29, 0.717) is 0 Å². The van der Waals surface area contributed by atoms with E-state index in [-0.39, 0.29) is 37.7 Å². The van der Waals surface area contributed by atoms with Gasteiger partial charge in [-0.2, -0.15) is 0 Å². The van der Waals surface area contributed by atoms with E-state index >= 15 is 0 Å². The zero-order chi connectivity index (χ0) is 32.7. The lowest BCUT2D eigenvalue weighted by Crippen LogP contribution is -2.33. The molecule has 0 saturated carbocycles. The van der Waals surface area contributed by atoms with Crippen molar-refractivity contribution in [2.75, 3.05) is 12.7 Å². The number of aromatic amines is 1. The van der Waals surface area contributed by atoms with E-state index in [1.165, 1.54) is 10.5 Å². The molecule has 2 amide bonds. The van der Waals surface area contributed by atoms with Crippen LogP contribution < -0.4 is 0 Å². The molecule has 48 heavy (non-hydrogen) atoms. The monoisotopic (exact) mass is 657 g/mol. The minimum Gasteiger partial charge on any atom is -0.361 e. The molecule has 4 aromatic carbocycles. The van der Waals surface area contributed by atoms with Crippen LogP contribution in [0.2, 0.25) is 0 Å². The Morgan fingerprint density at radius 1 is 0.729 bits per heavy atom. The van der Waals surface area contributed by atoms with Gasteiger partial charge in [0.1, 0.15) is 0 Å². The number of nitrogens with one attached hydrogen (secondary N) is 1. The molecule has 9 heteroatoms. The summed E-state index contributed by atoms with van der Waals surface area (Å²) in [6.45, 7) is 0.941. The van der Waals surface area contributed by atoms with Gasteiger partial charge in [-0.05, 0) is 46.7 Å². The van der Waals surface area contributed by atoms with Crippen molar-refractivity contribution in [3.8, 4) is 0 Å². The summed E-state index contributed by atoms with van der Waals surface area (Å²) in [6.07, 6.45) is 5.82. The normalized spacial score (nSPS) is 18.0. The third kappa shape index (κ3) is 5.60. The van der Waals surface area contributed by atoms with Crippen LogP contribution in [0.4, 0.5) is 0 Å². The highest BCUT2D eigenvalue weighted by atomic mass is 31.2. The molecule has 0 aliphatic carbocycles. The van der Waals surface area contributed by atoms with Gasteiger partial charge >= 0.3 is 7.60 Å². The van der Waals surface area contributed by atoms with Gasteiger partial charge in [-0.25, -0.2) is 0 Å². The Morgan fingerprint density at radius 3 is 2.06 bits per heavy atom. The number of imide groups is 1. The fourth-order valence-electron chi connectivity index (χ4n) is 7.34. The Labute approximate surface area is 278 Å². The van der Waals surface area contributed by atoms with Gasteiger partial charge in [0, 0.05) is 41.8 Å². The Balaban J connectivity index is 1.14. The molecule has 1 saturated heterocycles. The lowest BCUT2D eigenvalue weighted by Gasteiger charge is -2.22. The van der Waals surface area contributed by atoms with Crippen LogP contribution in [0.5, 0.6) is 0 Å². The van der Waals surface area contributed by atoms with Crippen LogP contribution >= 0.6 is 7.60 Å². The molecule has 2 unspecified atom stereocenters. The lowest BCUT2D eigenvalue weighted by atomic mass is 9.83. The average Bonchev–Trinajstić information content (AvgIpc) is 3.79. The number of carbonyl (C=O) groups excluding carboxylic acids is 2. The van der Waals surface area contributed by atoms with Gasteiger partial charge < -0.3 is 18.6 Å². The quantitative estimate of drug-likeness (QED) is 0.113. The van der Waals surface area contributed by atoms with E-state index in [1.807, 2.05) is 97.2 Å². The molecule has 242 valence electrons. The number of H-pyrrole nitrogens is 1. The fraction of sp³-hybridized carbons (Fsp3) is 0.231. The average molecular weight is 658 g/mol. The van der Waals surface area contributed by atoms with Gasteiger partial charge in [0.25, 0.3) is 0 Å². The first kappa shape index (κ1) is 30.6. The first-order chi connectivity index (χ1) is 23.5. The van der Waals surface area contributed by atoms with Crippen LogP contribution in [0.15, 0.2) is 116 Å². The molecule has 2 aliphatic rings. The van der Waals surface area contributed by atoms with Crippen molar-refractivity contribution in [3.63, 3.8) is 0 Å². The molecular formula is C39H36N3O5P. The highest BCUT2D eigenvalue weighted by molar-refractivity contribution is 7.53. The van der Waals surface area contributed by atoms with Crippen molar-refractivity contribution in [1.29, 1.82) is 0 Å². The van der Waals surface area contributed by atoms with Gasteiger partial charge in [-0.15, -0.1) is 0 Å². The second-order valence-corrected chi connectivity index (χ2v) is 14.8. The molecule has 8 rings (SSSR count). The minimum atomic E-state index is -3.76. The number of nitrogens with zero attached hydrogens (tertiary/aromatic N) is 2. The number of hydrogen-bond acceptors (Lipinski definition) is 5. The van der Waals surface area contributed by atoms with Crippen molar-refractivity contribution >= 4 is 41.2 Å². The number of likely N-dealkylation sites (tertiary alicyclic amines) is 1. The van der Waals surface area contributed by atoms with Crippen LogP contribution in [-0.2, 0) is 49.4 Å². The predicted molar refractivity (Wildman–Crippen MR) is 186 cm³/mol. The summed E-state index contributed by atoms with van der Waals surface area (Å²) in [4.78, 5) is 33.7. The molecule has 1 fully saturated rings. The number of benzene rings is 4. The van der Waals surface area contributed by atoms with Crippen LogP contribution in [0.1, 0.15) is 46.1 Å². The van der Waals surface area contributed by atoms with Crippen molar-refractivity contribution in [1.82, 2.24) is 14.5 Å². The second-order valence-electron chi connectivity index (χ2n) is 12.6. The fourth-order valence-corrected chi connectivity index (χ4v) is 8.81. The van der Waals surface area contributed by atoms with Crippen LogP contribution in [0.3, 0.4) is 0 Å². The number of aromatic nitrogens is 2.